The molecular weight excluding hydrogens is 733 g/mol. The van der Waals surface area contributed by atoms with Gasteiger partial charge in [-0.2, -0.15) is 0 Å². The minimum Gasteiger partial charge on any atom is -0.512 e. The first-order valence-electron chi connectivity index (χ1n) is 15.8. The van der Waals surface area contributed by atoms with Crippen LogP contribution in [0.2, 0.25) is 0 Å². The molecular formula is C40H49IrN2O2-. The van der Waals surface area contributed by atoms with Crippen molar-refractivity contribution in [1.29, 1.82) is 0 Å². The number of carbonyl (C=O) groups is 1. The quantitative estimate of drug-likeness (QED) is 0.128. The van der Waals surface area contributed by atoms with Crippen molar-refractivity contribution >= 4 is 16.6 Å². The molecule has 1 heterocycles. The number of rotatable bonds is 3. The molecule has 0 saturated heterocycles. The van der Waals surface area contributed by atoms with Crippen molar-refractivity contribution in [3.8, 4) is 22.6 Å². The molecule has 1 aliphatic carbocycles. The number of hydrogen-bond donors (Lipinski definition) is 1. The summed E-state index contributed by atoms with van der Waals surface area (Å²) in [5.41, 5.74) is 7.92. The maximum Gasteiger partial charge on any atom is 0.164 e. The molecule has 3 aromatic carbocycles. The van der Waals surface area contributed by atoms with Gasteiger partial charge < -0.3 is 5.11 Å². The van der Waals surface area contributed by atoms with Gasteiger partial charge in [0.25, 0.3) is 0 Å². The fourth-order valence-electron chi connectivity index (χ4n) is 5.16. The fourth-order valence-corrected chi connectivity index (χ4v) is 5.16. The van der Waals surface area contributed by atoms with Crippen molar-refractivity contribution in [2.24, 2.45) is 10.8 Å². The molecule has 1 radical (unpaired) electrons. The van der Waals surface area contributed by atoms with E-state index in [-0.39, 0.29) is 42.5 Å². The molecule has 0 spiro atoms. The molecule has 0 fully saturated rings. The van der Waals surface area contributed by atoms with Crippen LogP contribution in [-0.2, 0) is 43.2 Å². The Morgan fingerprint density at radius 1 is 0.889 bits per heavy atom. The van der Waals surface area contributed by atoms with Gasteiger partial charge in [0.05, 0.1) is 11.5 Å². The van der Waals surface area contributed by atoms with Crippen LogP contribution >= 0.6 is 0 Å². The van der Waals surface area contributed by atoms with Crippen LogP contribution in [0.4, 0.5) is 0 Å². The largest absolute Gasteiger partial charge is 0.512 e. The maximum atomic E-state index is 11.5. The first-order chi connectivity index (χ1) is 20.4. The van der Waals surface area contributed by atoms with Gasteiger partial charge in [-0.25, -0.2) is 0 Å². The Labute approximate surface area is 284 Å². The molecule has 0 unspecified atom stereocenters. The Kier molecular flexibility index (Phi) is 11.1. The predicted molar refractivity (Wildman–Crippen MR) is 184 cm³/mol. The van der Waals surface area contributed by atoms with Crippen molar-refractivity contribution in [1.82, 2.24) is 9.97 Å². The zero-order chi connectivity index (χ0) is 32.6. The Morgan fingerprint density at radius 3 is 2.13 bits per heavy atom. The molecule has 45 heavy (non-hydrogen) atoms. The van der Waals surface area contributed by atoms with Crippen LogP contribution in [-0.4, -0.2) is 20.9 Å². The number of aromatic nitrogens is 2. The SMILES string of the molecule is CC(C)(C)C(=O)/C=C(\O)C(C)(C)C.CC(C)c1ccc2c(c1)CCc1cnc(-c3[c-]c4ccccc4c(C(C)(C)C)c3)nc1-2.[Ir]. The van der Waals surface area contributed by atoms with Crippen molar-refractivity contribution < 1.29 is 30.0 Å². The van der Waals surface area contributed by atoms with E-state index in [1.54, 1.807) is 0 Å². The number of benzene rings is 3. The van der Waals surface area contributed by atoms with E-state index in [9.17, 15) is 9.90 Å². The van der Waals surface area contributed by atoms with Crippen LogP contribution in [0.1, 0.15) is 104 Å². The Morgan fingerprint density at radius 2 is 1.53 bits per heavy atom. The number of aliphatic hydroxyl groups is 1. The van der Waals surface area contributed by atoms with Gasteiger partial charge in [-0.05, 0) is 40.9 Å². The maximum absolute atomic E-state index is 11.5. The number of ketones is 1. The van der Waals surface area contributed by atoms with E-state index in [4.69, 9.17) is 9.97 Å². The van der Waals surface area contributed by atoms with E-state index < -0.39 is 5.41 Å². The molecule has 4 aromatic rings. The number of hydrogen-bond acceptors (Lipinski definition) is 4. The summed E-state index contributed by atoms with van der Waals surface area (Å²) in [6.07, 6.45) is 5.41. The Hall–Kier alpha value is -3.14. The Balaban J connectivity index is 0.000000338. The first-order valence-corrected chi connectivity index (χ1v) is 15.8. The molecule has 5 heteroatoms. The van der Waals surface area contributed by atoms with Gasteiger partial charge in [0.15, 0.2) is 5.78 Å². The third-order valence-corrected chi connectivity index (χ3v) is 8.18. The topological polar surface area (TPSA) is 63.1 Å². The van der Waals surface area contributed by atoms with Gasteiger partial charge >= 0.3 is 0 Å². The van der Waals surface area contributed by atoms with Gasteiger partial charge in [0.1, 0.15) is 5.76 Å². The molecule has 1 N–H and O–H groups in total. The summed E-state index contributed by atoms with van der Waals surface area (Å²) in [7, 11) is 0. The minimum atomic E-state index is -0.417. The number of aryl methyl sites for hydroxylation is 2. The third kappa shape index (κ3) is 8.57. The monoisotopic (exact) mass is 782 g/mol. The van der Waals surface area contributed by atoms with E-state index >= 15 is 0 Å². The second-order valence-electron chi connectivity index (χ2n) is 15.4. The third-order valence-electron chi connectivity index (χ3n) is 8.18. The van der Waals surface area contributed by atoms with Crippen LogP contribution in [0.15, 0.2) is 66.6 Å². The van der Waals surface area contributed by atoms with Crippen LogP contribution in [0.3, 0.4) is 0 Å². The number of nitrogens with zero attached hydrogens (tertiary/aromatic N) is 2. The van der Waals surface area contributed by atoms with E-state index in [1.165, 1.54) is 39.3 Å². The molecule has 4 nitrogen and oxygen atoms in total. The van der Waals surface area contributed by atoms with Crippen LogP contribution in [0, 0.1) is 16.9 Å². The second kappa shape index (κ2) is 13.7. The summed E-state index contributed by atoms with van der Waals surface area (Å²) >= 11 is 0. The summed E-state index contributed by atoms with van der Waals surface area (Å²) in [5.74, 6) is 1.40. The molecule has 0 aliphatic heterocycles. The molecule has 0 bridgehead atoms. The van der Waals surface area contributed by atoms with Crippen LogP contribution < -0.4 is 0 Å². The van der Waals surface area contributed by atoms with Gasteiger partial charge in [0, 0.05) is 48.8 Å². The number of fused-ring (bicyclic) bond motifs is 4. The first kappa shape index (κ1) is 36.3. The Bertz CT molecular complexity index is 1710. The fraction of sp³-hybridized carbons (Fsp3) is 0.425. The molecule has 1 aromatic heterocycles. The van der Waals surface area contributed by atoms with Crippen LogP contribution in [0.5, 0.6) is 0 Å². The number of carbonyl (C=O) groups excluding carboxylic acids is 1. The molecule has 5 rings (SSSR count). The smallest absolute Gasteiger partial charge is 0.164 e. The number of aliphatic hydroxyl groups excluding tert-OH is 1. The van der Waals surface area contributed by atoms with Gasteiger partial charge in [-0.3, -0.25) is 14.8 Å². The van der Waals surface area contributed by atoms with Crippen molar-refractivity contribution in [3.05, 3.63) is 94.9 Å². The average molecular weight is 782 g/mol. The summed E-state index contributed by atoms with van der Waals surface area (Å²) < 4.78 is 0. The summed E-state index contributed by atoms with van der Waals surface area (Å²) in [6, 6.07) is 21.2. The van der Waals surface area contributed by atoms with Gasteiger partial charge in [0.2, 0.25) is 0 Å². The normalized spacial score (nSPS) is 13.4. The van der Waals surface area contributed by atoms with Gasteiger partial charge in [-0.15, -0.1) is 29.1 Å². The molecule has 0 atom stereocenters. The summed E-state index contributed by atoms with van der Waals surface area (Å²) in [5, 5.41) is 11.9. The molecule has 0 amide bonds. The van der Waals surface area contributed by atoms with E-state index in [1.807, 2.05) is 47.7 Å². The second-order valence-corrected chi connectivity index (χ2v) is 15.4. The van der Waals surface area contributed by atoms with Crippen LogP contribution in [0.25, 0.3) is 33.4 Å². The average Bonchev–Trinajstić information content (AvgIpc) is 2.94. The summed E-state index contributed by atoms with van der Waals surface area (Å²) in [6.45, 7) is 22.4. The number of allylic oxidation sites excluding steroid dienone is 2. The van der Waals surface area contributed by atoms with Crippen molar-refractivity contribution in [2.75, 3.05) is 0 Å². The van der Waals surface area contributed by atoms with Gasteiger partial charge in [-0.1, -0.05) is 124 Å². The van der Waals surface area contributed by atoms with Crippen molar-refractivity contribution in [2.45, 2.75) is 100 Å². The summed E-state index contributed by atoms with van der Waals surface area (Å²) in [4.78, 5) is 21.3. The minimum absolute atomic E-state index is 0. The van der Waals surface area contributed by atoms with E-state index in [0.29, 0.717) is 5.92 Å². The zero-order valence-electron chi connectivity index (χ0n) is 28.8. The molecule has 0 saturated carbocycles. The molecule has 241 valence electrons. The molecule has 1 aliphatic rings. The van der Waals surface area contributed by atoms with Crippen molar-refractivity contribution in [3.63, 3.8) is 0 Å². The van der Waals surface area contributed by atoms with E-state index in [0.717, 1.165) is 35.3 Å². The van der Waals surface area contributed by atoms with E-state index in [2.05, 4.69) is 89.2 Å². The predicted octanol–water partition coefficient (Wildman–Crippen LogP) is 10.4. The standard InChI is InChI=1S/C29H29N2.C11H20O2.Ir/c1-18(2)19-12-13-25-21(14-19)10-11-22-17-30-28(31-27(22)25)23-15-20-8-6-7-9-24(20)26(16-23)29(3,4)5;1-10(2,3)8(12)7-9(13)11(4,5)6;/h6-9,12-14,16-18H,10-11H2,1-5H3;7,12H,1-6H3;/q-1;;/b;8-7-;. The zero-order valence-corrected chi connectivity index (χ0v) is 31.2.